The fraction of sp³-hybridized carbons (Fsp3) is 0.533. The Morgan fingerprint density at radius 1 is 1.33 bits per heavy atom. The third kappa shape index (κ3) is 3.77. The summed E-state index contributed by atoms with van der Waals surface area (Å²) in [4.78, 5) is 13.9. The molecule has 1 heterocycles. The molecular weight excluding hydrogens is 269 g/mol. The van der Waals surface area contributed by atoms with Gasteiger partial charge in [0, 0.05) is 12.6 Å². The number of rotatable bonds is 1. The SMILES string of the molecule is CC1Cc2cc(B(O)O)ccc2CN1C(=O)OC(C)(C)C. The molecule has 2 N–H and O–H groups in total. The van der Waals surface area contributed by atoms with E-state index in [1.54, 1.807) is 17.0 Å². The van der Waals surface area contributed by atoms with Crippen molar-refractivity contribution in [1.82, 2.24) is 4.90 Å². The zero-order chi connectivity index (χ0) is 15.8. The predicted molar refractivity (Wildman–Crippen MR) is 81.2 cm³/mol. The van der Waals surface area contributed by atoms with Crippen LogP contribution in [0, 0.1) is 0 Å². The summed E-state index contributed by atoms with van der Waals surface area (Å²) in [5, 5.41) is 18.5. The normalized spacial score (nSPS) is 18.2. The lowest BCUT2D eigenvalue weighted by molar-refractivity contribution is 0.0138. The van der Waals surface area contributed by atoms with E-state index in [9.17, 15) is 14.8 Å². The summed E-state index contributed by atoms with van der Waals surface area (Å²) in [6, 6.07) is 5.32. The molecule has 1 aliphatic heterocycles. The highest BCUT2D eigenvalue weighted by Crippen LogP contribution is 2.24. The Bertz CT molecular complexity index is 539. The molecule has 0 radical (unpaired) electrons. The minimum Gasteiger partial charge on any atom is -0.444 e. The molecule has 0 bridgehead atoms. The fourth-order valence-electron chi connectivity index (χ4n) is 2.48. The van der Waals surface area contributed by atoms with Gasteiger partial charge in [0.05, 0.1) is 0 Å². The van der Waals surface area contributed by atoms with Crippen LogP contribution < -0.4 is 5.46 Å². The van der Waals surface area contributed by atoms with Gasteiger partial charge in [-0.3, -0.25) is 0 Å². The largest absolute Gasteiger partial charge is 0.488 e. The molecule has 1 aliphatic rings. The van der Waals surface area contributed by atoms with Crippen LogP contribution in [0.3, 0.4) is 0 Å². The highest BCUT2D eigenvalue weighted by molar-refractivity contribution is 6.58. The maximum atomic E-state index is 12.2. The van der Waals surface area contributed by atoms with Gasteiger partial charge in [-0.1, -0.05) is 18.2 Å². The summed E-state index contributed by atoms with van der Waals surface area (Å²) < 4.78 is 5.43. The minimum absolute atomic E-state index is 0.0124. The Morgan fingerprint density at radius 3 is 2.57 bits per heavy atom. The van der Waals surface area contributed by atoms with Gasteiger partial charge >= 0.3 is 13.2 Å². The lowest BCUT2D eigenvalue weighted by Gasteiger charge is -2.36. The van der Waals surface area contributed by atoms with Crippen molar-refractivity contribution in [2.75, 3.05) is 0 Å². The molecule has 0 fully saturated rings. The monoisotopic (exact) mass is 291 g/mol. The summed E-state index contributed by atoms with van der Waals surface area (Å²) in [6.07, 6.45) is 0.363. The van der Waals surface area contributed by atoms with E-state index in [1.807, 2.05) is 33.8 Å². The summed E-state index contributed by atoms with van der Waals surface area (Å²) in [6.45, 7) is 8.00. The topological polar surface area (TPSA) is 70.0 Å². The summed E-state index contributed by atoms with van der Waals surface area (Å²) >= 11 is 0. The Kier molecular flexibility index (Phi) is 4.30. The van der Waals surface area contributed by atoms with Gasteiger partial charge in [0.15, 0.2) is 0 Å². The number of ether oxygens (including phenoxy) is 1. The number of carbonyl (C=O) groups is 1. The van der Waals surface area contributed by atoms with Gasteiger partial charge in [-0.2, -0.15) is 0 Å². The Hall–Kier alpha value is -1.53. The van der Waals surface area contributed by atoms with Crippen LogP contribution in [-0.2, 0) is 17.7 Å². The van der Waals surface area contributed by atoms with Crippen LogP contribution in [0.4, 0.5) is 4.79 Å². The fourth-order valence-corrected chi connectivity index (χ4v) is 2.48. The average Bonchev–Trinajstić information content (AvgIpc) is 2.34. The van der Waals surface area contributed by atoms with Crippen molar-refractivity contribution in [2.45, 2.75) is 52.3 Å². The van der Waals surface area contributed by atoms with Crippen LogP contribution >= 0.6 is 0 Å². The Balaban J connectivity index is 2.19. The molecule has 5 nitrogen and oxygen atoms in total. The van der Waals surface area contributed by atoms with E-state index in [-0.39, 0.29) is 12.1 Å². The molecule has 21 heavy (non-hydrogen) atoms. The first kappa shape index (κ1) is 15.9. The van der Waals surface area contributed by atoms with Gasteiger partial charge < -0.3 is 19.7 Å². The van der Waals surface area contributed by atoms with Crippen LogP contribution in [0.5, 0.6) is 0 Å². The maximum absolute atomic E-state index is 12.2. The maximum Gasteiger partial charge on any atom is 0.488 e. The van der Waals surface area contributed by atoms with Crippen LogP contribution in [0.15, 0.2) is 18.2 Å². The molecule has 0 aliphatic carbocycles. The number of hydrogen-bond acceptors (Lipinski definition) is 4. The molecule has 0 aromatic heterocycles. The quantitative estimate of drug-likeness (QED) is 0.759. The smallest absolute Gasteiger partial charge is 0.444 e. The molecule has 0 saturated heterocycles. The summed E-state index contributed by atoms with van der Waals surface area (Å²) in [7, 11) is -1.46. The third-order valence-corrected chi connectivity index (χ3v) is 3.54. The van der Waals surface area contributed by atoms with E-state index in [4.69, 9.17) is 4.74 Å². The zero-order valence-electron chi connectivity index (χ0n) is 13.0. The van der Waals surface area contributed by atoms with Crippen molar-refractivity contribution in [1.29, 1.82) is 0 Å². The van der Waals surface area contributed by atoms with Crippen molar-refractivity contribution in [3.8, 4) is 0 Å². The molecule has 1 aromatic carbocycles. The van der Waals surface area contributed by atoms with E-state index in [0.717, 1.165) is 11.1 Å². The molecular formula is C15H22BNO4. The lowest BCUT2D eigenvalue weighted by atomic mass is 9.77. The van der Waals surface area contributed by atoms with Crippen LogP contribution in [0.1, 0.15) is 38.8 Å². The second kappa shape index (κ2) is 5.69. The second-order valence-electron chi connectivity index (χ2n) is 6.56. The van der Waals surface area contributed by atoms with Crippen LogP contribution in [0.25, 0.3) is 0 Å². The second-order valence-corrected chi connectivity index (χ2v) is 6.56. The number of amides is 1. The first-order chi connectivity index (χ1) is 9.67. The highest BCUT2D eigenvalue weighted by Gasteiger charge is 2.30. The number of benzene rings is 1. The standard InChI is InChI=1S/C15H22BNO4/c1-10-7-12-8-13(16(19)20)6-5-11(12)9-17(10)14(18)21-15(2,3)4/h5-6,8,10,19-20H,7,9H2,1-4H3. The third-order valence-electron chi connectivity index (χ3n) is 3.54. The molecule has 0 saturated carbocycles. The van der Waals surface area contributed by atoms with Gasteiger partial charge in [0.25, 0.3) is 0 Å². The van der Waals surface area contributed by atoms with Crippen molar-refractivity contribution >= 4 is 18.7 Å². The Morgan fingerprint density at radius 2 is 2.00 bits per heavy atom. The van der Waals surface area contributed by atoms with Crippen LogP contribution in [-0.4, -0.2) is 39.8 Å². The van der Waals surface area contributed by atoms with E-state index < -0.39 is 12.7 Å². The van der Waals surface area contributed by atoms with Gasteiger partial charge in [-0.05, 0) is 50.7 Å². The van der Waals surface area contributed by atoms with Gasteiger partial charge in [0.2, 0.25) is 0 Å². The molecule has 1 amide bonds. The number of nitrogens with zero attached hydrogens (tertiary/aromatic N) is 1. The molecule has 1 unspecified atom stereocenters. The molecule has 0 spiro atoms. The van der Waals surface area contributed by atoms with Crippen molar-refractivity contribution in [3.63, 3.8) is 0 Å². The summed E-state index contributed by atoms with van der Waals surface area (Å²) in [5.74, 6) is 0. The average molecular weight is 291 g/mol. The first-order valence-corrected chi connectivity index (χ1v) is 7.15. The Labute approximate surface area is 125 Å². The van der Waals surface area contributed by atoms with Gasteiger partial charge in [0.1, 0.15) is 5.60 Å². The van der Waals surface area contributed by atoms with E-state index >= 15 is 0 Å². The van der Waals surface area contributed by atoms with Gasteiger partial charge in [-0.25, -0.2) is 4.79 Å². The van der Waals surface area contributed by atoms with Crippen molar-refractivity contribution < 1.29 is 19.6 Å². The lowest BCUT2D eigenvalue weighted by Crippen LogP contribution is -2.45. The van der Waals surface area contributed by atoms with Crippen molar-refractivity contribution in [3.05, 3.63) is 29.3 Å². The zero-order valence-corrected chi connectivity index (χ0v) is 13.0. The number of hydrogen-bond donors (Lipinski definition) is 2. The first-order valence-electron chi connectivity index (χ1n) is 7.15. The number of carbonyl (C=O) groups excluding carboxylic acids is 1. The van der Waals surface area contributed by atoms with E-state index in [1.165, 1.54) is 0 Å². The molecule has 6 heteroatoms. The minimum atomic E-state index is -1.46. The van der Waals surface area contributed by atoms with E-state index in [2.05, 4.69) is 0 Å². The predicted octanol–water partition coefficient (Wildman–Crippen LogP) is 1.05. The highest BCUT2D eigenvalue weighted by atomic mass is 16.6. The summed E-state index contributed by atoms with van der Waals surface area (Å²) in [5.41, 5.74) is 2.03. The molecule has 114 valence electrons. The van der Waals surface area contributed by atoms with Crippen molar-refractivity contribution in [2.24, 2.45) is 0 Å². The molecule has 1 aromatic rings. The van der Waals surface area contributed by atoms with Gasteiger partial charge in [-0.15, -0.1) is 0 Å². The molecule has 1 atom stereocenters. The number of fused-ring (bicyclic) bond motifs is 1. The van der Waals surface area contributed by atoms with E-state index in [0.29, 0.717) is 18.4 Å². The molecule has 2 rings (SSSR count). The van der Waals surface area contributed by atoms with Crippen LogP contribution in [0.2, 0.25) is 0 Å².